The number of aromatic hydroxyl groups is 1. The second kappa shape index (κ2) is 25.3. The van der Waals surface area contributed by atoms with E-state index in [1.54, 1.807) is 54.6 Å². The van der Waals surface area contributed by atoms with E-state index in [9.17, 15) is 58.8 Å². The van der Waals surface area contributed by atoms with Gasteiger partial charge in [0.15, 0.2) is 15.7 Å². The van der Waals surface area contributed by atoms with E-state index in [4.69, 9.17) is 34.0 Å². The molecule has 3 aromatic rings. The molecule has 2 aliphatic rings. The predicted molar refractivity (Wildman–Crippen MR) is 263 cm³/mol. The van der Waals surface area contributed by atoms with Crippen LogP contribution in [0.15, 0.2) is 94.1 Å². The van der Waals surface area contributed by atoms with E-state index >= 15 is 0 Å². The number of anilines is 1. The maximum Gasteiger partial charge on any atom is 0.336 e. The molecule has 1 aliphatic carbocycles. The van der Waals surface area contributed by atoms with E-state index in [1.165, 1.54) is 30.3 Å². The smallest absolute Gasteiger partial charge is 0.336 e. The van der Waals surface area contributed by atoms with Crippen LogP contribution in [0.25, 0.3) is 33.4 Å². The number of rotatable bonds is 24. The first-order valence-electron chi connectivity index (χ1n) is 21.6. The van der Waals surface area contributed by atoms with Crippen molar-refractivity contribution in [1.29, 1.82) is 0 Å². The minimum absolute atomic E-state index is 0.00315. The SMILES string of the molecule is O=C(O)CC[C@H](NC(=S)N[C@@H](CCC(=O)NCCNC(=O)[C@H](Cc1ccccc1)NC(=O)CCCNC(=S)Nc1ccc(-c2c3ccc(=O)cc-3oc3cc(O)ccc23)c(C(=O)O)c1)C(=O)O)C(=O)O. The standard InChI is InChI=1S/C47H49N7O14S2/c55-27-9-12-30-36(23-27)68-37-24-28(56)10-13-31(37)41(30)29-11-8-26(22-32(29)43(62)63)51-46(69)50-18-4-7-39(58)52-35(21-25-5-2-1-3-6-25)42(61)49-20-19-48-38(57)16-14-33(44(64)65)53-47(70)54-34(45(66)67)15-17-40(59)60/h1-3,5-6,8-13,22-24,33-35,55H,4,7,14-21H2,(H,48,57)(H,49,61)(H,52,58)(H,59,60)(H,62,63)(H,64,65)(H,66,67)(H2,50,51,69)(H2,53,54,70)/t33-,34-,35-/m0/s1. The van der Waals surface area contributed by atoms with Gasteiger partial charge in [-0.3, -0.25) is 24.0 Å². The Kier molecular flexibility index (Phi) is 19.0. The lowest BCUT2D eigenvalue weighted by Gasteiger charge is -2.20. The number of phenolic OH excluding ortho intramolecular Hbond substituents is 1. The molecular weight excluding hydrogens is 951 g/mol. The van der Waals surface area contributed by atoms with Gasteiger partial charge >= 0.3 is 23.9 Å². The molecule has 3 amide bonds. The molecular formula is C47H49N7O14S2. The molecule has 0 fully saturated rings. The molecule has 0 saturated carbocycles. The van der Waals surface area contributed by atoms with Gasteiger partial charge in [-0.25, -0.2) is 14.4 Å². The predicted octanol–water partition coefficient (Wildman–Crippen LogP) is 3.01. The third-order valence-corrected chi connectivity index (χ3v) is 11.0. The van der Waals surface area contributed by atoms with Crippen LogP contribution < -0.4 is 42.6 Å². The number of aromatic carboxylic acids is 1. The van der Waals surface area contributed by atoms with Crippen molar-refractivity contribution < 1.29 is 63.5 Å². The Hall–Kier alpha value is -8.18. The number of hydrogen-bond donors (Lipinski definition) is 12. The van der Waals surface area contributed by atoms with Crippen molar-refractivity contribution in [2.45, 2.75) is 63.1 Å². The Bertz CT molecular complexity index is 2810. The van der Waals surface area contributed by atoms with Crippen LogP contribution in [0.4, 0.5) is 5.69 Å². The molecule has 1 aliphatic heterocycles. The molecule has 3 aromatic carbocycles. The minimum Gasteiger partial charge on any atom is -0.508 e. The maximum atomic E-state index is 13.3. The molecule has 0 saturated heterocycles. The van der Waals surface area contributed by atoms with Crippen LogP contribution in [0.2, 0.25) is 0 Å². The van der Waals surface area contributed by atoms with Gasteiger partial charge in [-0.05, 0) is 91.2 Å². The first kappa shape index (κ1) is 52.8. The molecule has 21 nitrogen and oxygen atoms in total. The molecule has 0 spiro atoms. The molecule has 23 heteroatoms. The Labute approximate surface area is 409 Å². The second-order valence-electron chi connectivity index (χ2n) is 15.7. The van der Waals surface area contributed by atoms with Gasteiger partial charge < -0.3 is 67.2 Å². The van der Waals surface area contributed by atoms with Crippen LogP contribution in [-0.4, -0.2) is 115 Å². The summed E-state index contributed by atoms with van der Waals surface area (Å²) in [7, 11) is 0. The van der Waals surface area contributed by atoms with E-state index in [0.717, 1.165) is 5.56 Å². The molecule has 12 N–H and O–H groups in total. The summed E-state index contributed by atoms with van der Waals surface area (Å²) in [5.74, 6) is -6.62. The zero-order chi connectivity index (χ0) is 50.9. The number of fused-ring (bicyclic) bond motifs is 2. The minimum atomic E-state index is -1.39. The number of nitrogens with one attached hydrogen (secondary N) is 7. The largest absolute Gasteiger partial charge is 0.508 e. The molecule has 1 heterocycles. The van der Waals surface area contributed by atoms with E-state index in [1.807, 2.05) is 0 Å². The number of carboxylic acids is 4. The summed E-state index contributed by atoms with van der Waals surface area (Å²) in [6.07, 6.45) is -0.892. The number of carboxylic acid groups (broad SMARTS) is 4. The third-order valence-electron chi connectivity index (χ3n) is 10.5. The summed E-state index contributed by atoms with van der Waals surface area (Å²) in [4.78, 5) is 97.8. The summed E-state index contributed by atoms with van der Waals surface area (Å²) in [6.45, 7) is 0.148. The van der Waals surface area contributed by atoms with Crippen molar-refractivity contribution in [2.24, 2.45) is 0 Å². The summed E-state index contributed by atoms with van der Waals surface area (Å²) in [6, 6.07) is 18.4. The highest BCUT2D eigenvalue weighted by Gasteiger charge is 2.26. The fraction of sp³-hybridized carbons (Fsp3) is 0.277. The fourth-order valence-corrected chi connectivity index (χ4v) is 7.64. The average molecular weight is 1000 g/mol. The van der Waals surface area contributed by atoms with Crippen molar-refractivity contribution in [1.82, 2.24) is 31.9 Å². The number of amides is 3. The highest BCUT2D eigenvalue weighted by Crippen LogP contribution is 2.42. The zero-order valence-corrected chi connectivity index (χ0v) is 38.7. The summed E-state index contributed by atoms with van der Waals surface area (Å²) in [5, 5.41) is 67.2. The molecule has 368 valence electrons. The molecule has 3 atom stereocenters. The molecule has 70 heavy (non-hydrogen) atoms. The van der Waals surface area contributed by atoms with Crippen LogP contribution in [-0.2, 0) is 35.2 Å². The topological polar surface area (TPSA) is 335 Å². The fourth-order valence-electron chi connectivity index (χ4n) is 7.13. The van der Waals surface area contributed by atoms with E-state index < -0.39 is 66.1 Å². The summed E-state index contributed by atoms with van der Waals surface area (Å²) >= 11 is 10.5. The van der Waals surface area contributed by atoms with Gasteiger partial charge in [-0.1, -0.05) is 36.4 Å². The van der Waals surface area contributed by atoms with Crippen LogP contribution in [0.3, 0.4) is 0 Å². The number of carbonyl (C=O) groups excluding carboxylic acids is 3. The number of phenols is 1. The quantitative estimate of drug-likeness (QED) is 0.0240. The van der Waals surface area contributed by atoms with Gasteiger partial charge in [-0.2, -0.15) is 0 Å². The monoisotopic (exact) mass is 999 g/mol. The van der Waals surface area contributed by atoms with Gasteiger partial charge in [-0.15, -0.1) is 0 Å². The molecule has 0 unspecified atom stereocenters. The van der Waals surface area contributed by atoms with Crippen molar-refractivity contribution in [3.8, 4) is 28.2 Å². The molecule has 5 rings (SSSR count). The van der Waals surface area contributed by atoms with E-state index in [-0.39, 0.29) is 96.5 Å². The number of hydrogen-bond acceptors (Lipinski definition) is 12. The normalized spacial score (nSPS) is 12.1. The van der Waals surface area contributed by atoms with Crippen LogP contribution in [0.5, 0.6) is 5.75 Å². The Morgan fingerprint density at radius 1 is 0.629 bits per heavy atom. The number of benzene rings is 4. The number of aliphatic carboxylic acids is 3. The summed E-state index contributed by atoms with van der Waals surface area (Å²) < 4.78 is 5.89. The van der Waals surface area contributed by atoms with Gasteiger partial charge in [0.1, 0.15) is 35.2 Å². The Morgan fingerprint density at radius 2 is 1.30 bits per heavy atom. The maximum absolute atomic E-state index is 13.3. The lowest BCUT2D eigenvalue weighted by molar-refractivity contribution is -0.141. The van der Waals surface area contributed by atoms with Gasteiger partial charge in [0.25, 0.3) is 0 Å². The van der Waals surface area contributed by atoms with Crippen LogP contribution in [0.1, 0.15) is 54.4 Å². The average Bonchev–Trinajstić information content (AvgIpc) is 3.30. The lowest BCUT2D eigenvalue weighted by Crippen LogP contribution is -2.51. The number of thiocarbonyl (C=S) groups is 2. The van der Waals surface area contributed by atoms with Gasteiger partial charge in [0.2, 0.25) is 17.7 Å². The Balaban J connectivity index is 1.09. The van der Waals surface area contributed by atoms with Crippen molar-refractivity contribution in [3.05, 3.63) is 106 Å². The Morgan fingerprint density at radius 3 is 1.97 bits per heavy atom. The highest BCUT2D eigenvalue weighted by molar-refractivity contribution is 7.80. The van der Waals surface area contributed by atoms with Crippen molar-refractivity contribution in [2.75, 3.05) is 25.0 Å². The molecule has 0 radical (unpaired) electrons. The van der Waals surface area contributed by atoms with Crippen LogP contribution in [0, 0.1) is 0 Å². The second-order valence-corrected chi connectivity index (χ2v) is 16.5. The van der Waals surface area contributed by atoms with Crippen molar-refractivity contribution >= 4 is 92.9 Å². The number of carbonyl (C=O) groups is 7. The van der Waals surface area contributed by atoms with Crippen LogP contribution >= 0.6 is 24.4 Å². The zero-order valence-electron chi connectivity index (χ0n) is 37.1. The first-order chi connectivity index (χ1) is 33.4. The van der Waals surface area contributed by atoms with Gasteiger partial charge in [0.05, 0.1) is 5.56 Å². The molecule has 0 aromatic heterocycles. The molecule has 0 bridgehead atoms. The van der Waals surface area contributed by atoms with E-state index in [2.05, 4.69) is 37.2 Å². The summed E-state index contributed by atoms with van der Waals surface area (Å²) in [5.41, 5.74) is 2.25. The third kappa shape index (κ3) is 15.7. The first-order valence-corrected chi connectivity index (χ1v) is 22.4. The van der Waals surface area contributed by atoms with Crippen molar-refractivity contribution in [3.63, 3.8) is 0 Å². The van der Waals surface area contributed by atoms with E-state index in [0.29, 0.717) is 27.8 Å². The van der Waals surface area contributed by atoms with Gasteiger partial charge in [0, 0.05) is 79.7 Å². The lowest BCUT2D eigenvalue weighted by atomic mass is 9.90. The highest BCUT2D eigenvalue weighted by atomic mass is 32.1.